The standard InChI is InChI=1S/C21H27NO4/c1-4-13-26-18-14-16(8-9-17(18)24-2)20(23)22-12-6-11-21(15-22)10-5-7-19(21)25-3/h1,8-9,14,19H,5-7,10-13,15H2,2-3H3/t19-,21-/m1/s1. The molecule has 1 saturated carbocycles. The number of likely N-dealkylation sites (tertiary alicyclic amines) is 1. The smallest absolute Gasteiger partial charge is 0.254 e. The number of hydrogen-bond acceptors (Lipinski definition) is 4. The summed E-state index contributed by atoms with van der Waals surface area (Å²) in [6, 6.07) is 5.27. The molecule has 1 saturated heterocycles. The predicted molar refractivity (Wildman–Crippen MR) is 99.5 cm³/mol. The molecule has 1 aromatic rings. The Hall–Kier alpha value is -2.19. The molecule has 0 bridgehead atoms. The fraction of sp³-hybridized carbons (Fsp3) is 0.571. The number of hydrogen-bond donors (Lipinski definition) is 0. The predicted octanol–water partition coefficient (Wildman–Crippen LogP) is 3.13. The average Bonchev–Trinajstić information content (AvgIpc) is 3.06. The third-order valence-electron chi connectivity index (χ3n) is 5.73. The number of methoxy groups -OCH3 is 2. The van der Waals surface area contributed by atoms with Gasteiger partial charge in [0.25, 0.3) is 5.91 Å². The Morgan fingerprint density at radius 3 is 2.85 bits per heavy atom. The first-order chi connectivity index (χ1) is 12.6. The van der Waals surface area contributed by atoms with Crippen molar-refractivity contribution in [3.63, 3.8) is 0 Å². The molecule has 1 amide bonds. The first kappa shape index (κ1) is 18.6. The fourth-order valence-electron chi connectivity index (χ4n) is 4.50. The van der Waals surface area contributed by atoms with E-state index in [4.69, 9.17) is 20.6 Å². The van der Waals surface area contributed by atoms with Gasteiger partial charge in [0.05, 0.1) is 13.2 Å². The van der Waals surface area contributed by atoms with Crippen LogP contribution in [0.1, 0.15) is 42.5 Å². The summed E-state index contributed by atoms with van der Waals surface area (Å²) in [5.41, 5.74) is 0.708. The molecule has 5 heteroatoms. The summed E-state index contributed by atoms with van der Waals surface area (Å²) < 4.78 is 16.6. The summed E-state index contributed by atoms with van der Waals surface area (Å²) in [5, 5.41) is 0. The van der Waals surface area contributed by atoms with E-state index < -0.39 is 0 Å². The van der Waals surface area contributed by atoms with Gasteiger partial charge in [-0.2, -0.15) is 0 Å². The second-order valence-corrected chi connectivity index (χ2v) is 7.17. The summed E-state index contributed by atoms with van der Waals surface area (Å²) in [6.07, 6.45) is 11.1. The molecule has 1 aliphatic carbocycles. The molecule has 0 N–H and O–H groups in total. The maximum absolute atomic E-state index is 13.1. The summed E-state index contributed by atoms with van der Waals surface area (Å²) in [7, 11) is 3.36. The highest BCUT2D eigenvalue weighted by Gasteiger charge is 2.46. The minimum Gasteiger partial charge on any atom is -0.493 e. The number of nitrogens with zero attached hydrogens (tertiary/aromatic N) is 1. The fourth-order valence-corrected chi connectivity index (χ4v) is 4.50. The van der Waals surface area contributed by atoms with Gasteiger partial charge in [0, 0.05) is 31.2 Å². The molecule has 2 atom stereocenters. The molecule has 1 spiro atoms. The normalized spacial score (nSPS) is 25.1. The average molecular weight is 357 g/mol. The van der Waals surface area contributed by atoms with E-state index in [-0.39, 0.29) is 24.0 Å². The molecule has 140 valence electrons. The van der Waals surface area contributed by atoms with Crippen LogP contribution in [0.15, 0.2) is 18.2 Å². The Labute approximate surface area is 155 Å². The molecule has 0 aromatic heterocycles. The SMILES string of the molecule is C#CCOc1cc(C(=O)N2CCC[C@]3(CCC[C@H]3OC)C2)ccc1OC. The zero-order valence-electron chi connectivity index (χ0n) is 15.6. The summed E-state index contributed by atoms with van der Waals surface area (Å²) in [4.78, 5) is 15.1. The van der Waals surface area contributed by atoms with E-state index in [1.807, 2.05) is 4.90 Å². The molecule has 0 radical (unpaired) electrons. The largest absolute Gasteiger partial charge is 0.493 e. The first-order valence-corrected chi connectivity index (χ1v) is 9.20. The summed E-state index contributed by atoms with van der Waals surface area (Å²) in [5.74, 6) is 3.53. The topological polar surface area (TPSA) is 48.0 Å². The lowest BCUT2D eigenvalue weighted by atomic mass is 9.76. The summed E-state index contributed by atoms with van der Waals surface area (Å²) in [6.45, 7) is 1.68. The van der Waals surface area contributed by atoms with Crippen molar-refractivity contribution < 1.29 is 19.0 Å². The molecule has 1 heterocycles. The minimum absolute atomic E-state index is 0.0269. The van der Waals surface area contributed by atoms with Gasteiger partial charge in [-0.05, 0) is 43.9 Å². The Morgan fingerprint density at radius 1 is 1.31 bits per heavy atom. The third-order valence-corrected chi connectivity index (χ3v) is 5.73. The molecule has 2 fully saturated rings. The molecule has 3 rings (SSSR count). The summed E-state index contributed by atoms with van der Waals surface area (Å²) >= 11 is 0. The lowest BCUT2D eigenvalue weighted by Crippen LogP contribution is -2.49. The van der Waals surface area contributed by atoms with Crippen LogP contribution in [0, 0.1) is 17.8 Å². The second-order valence-electron chi connectivity index (χ2n) is 7.17. The van der Waals surface area contributed by atoms with Gasteiger partial charge in [-0.1, -0.05) is 12.3 Å². The quantitative estimate of drug-likeness (QED) is 0.760. The van der Waals surface area contributed by atoms with E-state index in [2.05, 4.69) is 5.92 Å². The zero-order valence-corrected chi connectivity index (χ0v) is 15.6. The maximum atomic E-state index is 13.1. The molecular formula is C21H27NO4. The van der Waals surface area contributed by atoms with Gasteiger partial charge in [-0.3, -0.25) is 4.79 Å². The van der Waals surface area contributed by atoms with Crippen LogP contribution in [0.3, 0.4) is 0 Å². The Kier molecular flexibility index (Phi) is 5.73. The Bertz CT molecular complexity index is 696. The van der Waals surface area contributed by atoms with Crippen LogP contribution in [0.2, 0.25) is 0 Å². The van der Waals surface area contributed by atoms with Crippen molar-refractivity contribution in [2.24, 2.45) is 5.41 Å². The Morgan fingerprint density at radius 2 is 2.12 bits per heavy atom. The molecule has 5 nitrogen and oxygen atoms in total. The first-order valence-electron chi connectivity index (χ1n) is 9.20. The maximum Gasteiger partial charge on any atom is 0.254 e. The van der Waals surface area contributed by atoms with Gasteiger partial charge < -0.3 is 19.1 Å². The van der Waals surface area contributed by atoms with E-state index in [1.165, 1.54) is 6.42 Å². The van der Waals surface area contributed by atoms with Gasteiger partial charge >= 0.3 is 0 Å². The van der Waals surface area contributed by atoms with Gasteiger partial charge in [0.2, 0.25) is 0 Å². The van der Waals surface area contributed by atoms with Gasteiger partial charge in [0.15, 0.2) is 11.5 Å². The molecule has 0 unspecified atom stereocenters. The van der Waals surface area contributed by atoms with E-state index in [1.54, 1.807) is 32.4 Å². The van der Waals surface area contributed by atoms with Crippen molar-refractivity contribution in [2.75, 3.05) is 33.9 Å². The van der Waals surface area contributed by atoms with E-state index in [0.717, 1.165) is 38.8 Å². The molecular weight excluding hydrogens is 330 g/mol. The van der Waals surface area contributed by atoms with Crippen LogP contribution in [0.5, 0.6) is 11.5 Å². The highest BCUT2D eigenvalue weighted by atomic mass is 16.5. The molecule has 1 aromatic carbocycles. The number of rotatable bonds is 5. The lowest BCUT2D eigenvalue weighted by molar-refractivity contribution is -0.0295. The van der Waals surface area contributed by atoms with Gasteiger partial charge in [0.1, 0.15) is 6.61 Å². The van der Waals surface area contributed by atoms with E-state index in [0.29, 0.717) is 17.1 Å². The van der Waals surface area contributed by atoms with Crippen molar-refractivity contribution in [2.45, 2.75) is 38.2 Å². The highest BCUT2D eigenvalue weighted by molar-refractivity contribution is 5.95. The van der Waals surface area contributed by atoms with Gasteiger partial charge in [-0.15, -0.1) is 6.42 Å². The van der Waals surface area contributed by atoms with Crippen molar-refractivity contribution in [3.8, 4) is 23.8 Å². The van der Waals surface area contributed by atoms with Crippen LogP contribution in [0.25, 0.3) is 0 Å². The third kappa shape index (κ3) is 3.52. The van der Waals surface area contributed by atoms with Crippen LogP contribution < -0.4 is 9.47 Å². The molecule has 26 heavy (non-hydrogen) atoms. The molecule has 1 aliphatic heterocycles. The number of carbonyl (C=O) groups is 1. The number of terminal acetylenes is 1. The van der Waals surface area contributed by atoms with Crippen LogP contribution >= 0.6 is 0 Å². The molecule has 2 aliphatic rings. The van der Waals surface area contributed by atoms with Crippen molar-refractivity contribution >= 4 is 5.91 Å². The van der Waals surface area contributed by atoms with Crippen molar-refractivity contribution in [1.82, 2.24) is 4.90 Å². The van der Waals surface area contributed by atoms with Gasteiger partial charge in [-0.25, -0.2) is 0 Å². The number of ether oxygens (including phenoxy) is 3. The highest BCUT2D eigenvalue weighted by Crippen LogP contribution is 2.46. The van der Waals surface area contributed by atoms with Crippen LogP contribution in [-0.4, -0.2) is 50.8 Å². The number of piperidine rings is 1. The van der Waals surface area contributed by atoms with Crippen molar-refractivity contribution in [3.05, 3.63) is 23.8 Å². The Balaban J connectivity index is 1.79. The zero-order chi connectivity index (χ0) is 18.6. The van der Waals surface area contributed by atoms with Crippen LogP contribution in [0.4, 0.5) is 0 Å². The lowest BCUT2D eigenvalue weighted by Gasteiger charge is -2.43. The number of amides is 1. The van der Waals surface area contributed by atoms with E-state index >= 15 is 0 Å². The van der Waals surface area contributed by atoms with Crippen molar-refractivity contribution in [1.29, 1.82) is 0 Å². The minimum atomic E-state index is 0.0269. The van der Waals surface area contributed by atoms with Crippen LogP contribution in [-0.2, 0) is 4.74 Å². The monoisotopic (exact) mass is 357 g/mol. The van der Waals surface area contributed by atoms with E-state index in [9.17, 15) is 4.79 Å². The number of carbonyl (C=O) groups excluding carboxylic acids is 1. The number of benzene rings is 1. The second kappa shape index (κ2) is 8.01.